The number of nitrogens with two attached hydrogens (primary N) is 1. The van der Waals surface area contributed by atoms with E-state index in [1.807, 2.05) is 39.5 Å². The summed E-state index contributed by atoms with van der Waals surface area (Å²) in [5, 5.41) is 14.6. The molecule has 206 valence electrons. The predicted octanol–water partition coefficient (Wildman–Crippen LogP) is 4.78. The molecule has 0 spiro atoms. The minimum atomic E-state index is -0.634. The minimum Gasteiger partial charge on any atom is -0.444 e. The van der Waals surface area contributed by atoms with Crippen molar-refractivity contribution in [1.82, 2.24) is 25.0 Å². The summed E-state index contributed by atoms with van der Waals surface area (Å²) in [7, 11) is 0. The number of halogens is 1. The van der Waals surface area contributed by atoms with Gasteiger partial charge in [-0.2, -0.15) is 10.2 Å². The minimum absolute atomic E-state index is 0.0552. The van der Waals surface area contributed by atoms with Crippen molar-refractivity contribution >= 4 is 39.8 Å². The van der Waals surface area contributed by atoms with Crippen molar-refractivity contribution in [2.24, 2.45) is 0 Å². The van der Waals surface area contributed by atoms with E-state index in [0.29, 0.717) is 47.6 Å². The number of thiophene rings is 1. The van der Waals surface area contributed by atoms with Crippen LogP contribution < -0.4 is 10.6 Å². The molecule has 4 heterocycles. The first-order valence-electron chi connectivity index (χ1n) is 12.8. The molecule has 1 saturated heterocycles. The summed E-state index contributed by atoms with van der Waals surface area (Å²) in [5.41, 5.74) is 6.76. The molecule has 0 unspecified atom stereocenters. The second kappa shape index (κ2) is 9.95. The van der Waals surface area contributed by atoms with Crippen LogP contribution in [0.4, 0.5) is 15.6 Å². The number of hydrogen-bond donors (Lipinski definition) is 1. The molecule has 11 nitrogen and oxygen atoms in total. The number of amides is 1. The van der Waals surface area contributed by atoms with Crippen LogP contribution in [0.5, 0.6) is 0 Å². The zero-order chi connectivity index (χ0) is 28.1. The maximum Gasteiger partial charge on any atom is 0.410 e. The van der Waals surface area contributed by atoms with Gasteiger partial charge >= 0.3 is 6.09 Å². The van der Waals surface area contributed by atoms with Crippen molar-refractivity contribution in [3.8, 4) is 17.6 Å². The van der Waals surface area contributed by atoms with Gasteiger partial charge in [-0.1, -0.05) is 5.16 Å². The number of aromatic nitrogens is 4. The molecule has 0 radical (unpaired) electrons. The Bertz CT molecular complexity index is 1460. The van der Waals surface area contributed by atoms with Crippen LogP contribution in [0.2, 0.25) is 5.28 Å². The summed E-state index contributed by atoms with van der Waals surface area (Å²) in [6.45, 7) is 11.1. The Hall–Kier alpha value is -3.43. The zero-order valence-electron chi connectivity index (χ0n) is 22.6. The van der Waals surface area contributed by atoms with Gasteiger partial charge in [0.25, 0.3) is 0 Å². The molecule has 0 saturated carbocycles. The quantitative estimate of drug-likeness (QED) is 0.436. The Kier molecular flexibility index (Phi) is 6.93. The third-order valence-corrected chi connectivity index (χ3v) is 8.39. The van der Waals surface area contributed by atoms with Gasteiger partial charge < -0.3 is 24.8 Å². The van der Waals surface area contributed by atoms with Crippen molar-refractivity contribution in [2.75, 3.05) is 30.3 Å². The third kappa shape index (κ3) is 5.13. The molecule has 1 aliphatic heterocycles. The summed E-state index contributed by atoms with van der Waals surface area (Å²) in [5.74, 6) is 1.30. The zero-order valence-corrected chi connectivity index (χ0v) is 24.2. The smallest absolute Gasteiger partial charge is 0.410 e. The number of nitriles is 1. The Labute approximate surface area is 235 Å². The van der Waals surface area contributed by atoms with Crippen molar-refractivity contribution in [2.45, 2.75) is 70.9 Å². The largest absolute Gasteiger partial charge is 0.444 e. The fraction of sp³-hybridized carbons (Fsp3) is 0.538. The molecule has 0 aromatic carbocycles. The van der Waals surface area contributed by atoms with E-state index in [1.54, 1.807) is 11.0 Å². The molecule has 1 fully saturated rings. The van der Waals surface area contributed by atoms with Gasteiger partial charge in [-0.25, -0.2) is 14.8 Å². The first-order valence-corrected chi connectivity index (χ1v) is 14.0. The molecule has 5 rings (SSSR count). The summed E-state index contributed by atoms with van der Waals surface area (Å²) in [4.78, 5) is 31.0. The molecular weight excluding hydrogens is 540 g/mol. The first kappa shape index (κ1) is 27.1. The second-order valence-corrected chi connectivity index (χ2v) is 12.7. The first-order chi connectivity index (χ1) is 18.4. The number of carbonyl (C=O) groups is 1. The van der Waals surface area contributed by atoms with Crippen LogP contribution in [0, 0.1) is 11.3 Å². The molecule has 2 atom stereocenters. The predicted molar refractivity (Wildman–Crippen MR) is 148 cm³/mol. The summed E-state index contributed by atoms with van der Waals surface area (Å²) >= 11 is 7.79. The number of piperazine rings is 1. The highest BCUT2D eigenvalue weighted by Crippen LogP contribution is 2.48. The van der Waals surface area contributed by atoms with Gasteiger partial charge in [-0.3, -0.25) is 0 Å². The molecular formula is C26H31ClN8O3S. The standard InChI is InChI=1S/C26H31ClN8O3S/c1-14-13-34(9-10-35(14)24(36)37-25(2,3)4)18-11-16(30-23(27)31-18)21-32-22(38-33-21)26(5)8-6-7-17-19(26)15(12-28)20(29)39-17/h11,14H,6-10,13,29H2,1-5H3/t14-,26+/m1/s1. The molecule has 13 heteroatoms. The highest BCUT2D eigenvalue weighted by Gasteiger charge is 2.43. The molecule has 1 aliphatic carbocycles. The van der Waals surface area contributed by atoms with E-state index >= 15 is 0 Å². The fourth-order valence-corrected chi connectivity index (χ4v) is 6.67. The Morgan fingerprint density at radius 1 is 1.33 bits per heavy atom. The number of rotatable bonds is 3. The maximum absolute atomic E-state index is 12.6. The van der Waals surface area contributed by atoms with Crippen LogP contribution in [-0.2, 0) is 16.6 Å². The fourth-order valence-electron chi connectivity index (χ4n) is 5.30. The number of hydrogen-bond acceptors (Lipinski definition) is 11. The highest BCUT2D eigenvalue weighted by molar-refractivity contribution is 7.16. The molecule has 2 aliphatic rings. The normalized spacial score (nSPS) is 21.4. The lowest BCUT2D eigenvalue weighted by Gasteiger charge is -2.40. The maximum atomic E-state index is 12.6. The number of nitrogen functional groups attached to an aromatic ring is 1. The van der Waals surface area contributed by atoms with Gasteiger partial charge in [0.2, 0.25) is 17.0 Å². The van der Waals surface area contributed by atoms with E-state index in [1.165, 1.54) is 11.3 Å². The summed E-state index contributed by atoms with van der Waals surface area (Å²) in [6.07, 6.45) is 2.21. The number of carbonyl (C=O) groups excluding carboxylic acids is 1. The van der Waals surface area contributed by atoms with E-state index in [0.717, 1.165) is 29.7 Å². The lowest BCUT2D eigenvalue weighted by molar-refractivity contribution is 0.0158. The van der Waals surface area contributed by atoms with Crippen LogP contribution in [0.15, 0.2) is 10.6 Å². The highest BCUT2D eigenvalue weighted by atomic mass is 35.5. The number of aryl methyl sites for hydroxylation is 1. The van der Waals surface area contributed by atoms with Gasteiger partial charge in [0.1, 0.15) is 28.2 Å². The number of anilines is 2. The Morgan fingerprint density at radius 2 is 2.10 bits per heavy atom. The van der Waals surface area contributed by atoms with E-state index in [4.69, 9.17) is 31.6 Å². The van der Waals surface area contributed by atoms with Crippen molar-refractivity contribution in [3.63, 3.8) is 0 Å². The molecule has 3 aromatic rings. The Balaban J connectivity index is 1.40. The topological polar surface area (TPSA) is 147 Å². The molecule has 1 amide bonds. The average molecular weight is 571 g/mol. The molecule has 3 aromatic heterocycles. The number of nitrogens with zero attached hydrogens (tertiary/aromatic N) is 7. The number of fused-ring (bicyclic) bond motifs is 1. The van der Waals surface area contributed by atoms with Crippen LogP contribution in [-0.4, -0.2) is 62.4 Å². The SMILES string of the molecule is C[C@@H]1CN(c2cc(-c3noc([C@@]4(C)CCCc5sc(N)c(C#N)c54)n3)nc(Cl)n2)CCN1C(=O)OC(C)(C)C. The van der Waals surface area contributed by atoms with Crippen molar-refractivity contribution < 1.29 is 14.1 Å². The average Bonchev–Trinajstić information content (AvgIpc) is 3.48. The van der Waals surface area contributed by atoms with Crippen LogP contribution in [0.1, 0.15) is 69.4 Å². The van der Waals surface area contributed by atoms with E-state index in [9.17, 15) is 10.1 Å². The van der Waals surface area contributed by atoms with Gasteiger partial charge in [-0.05, 0) is 65.5 Å². The van der Waals surface area contributed by atoms with E-state index in [-0.39, 0.29) is 23.2 Å². The van der Waals surface area contributed by atoms with Gasteiger partial charge in [0, 0.05) is 42.2 Å². The van der Waals surface area contributed by atoms with Crippen LogP contribution >= 0.6 is 22.9 Å². The molecule has 39 heavy (non-hydrogen) atoms. The van der Waals surface area contributed by atoms with Gasteiger partial charge in [-0.15, -0.1) is 11.3 Å². The van der Waals surface area contributed by atoms with E-state index < -0.39 is 11.0 Å². The van der Waals surface area contributed by atoms with Gasteiger partial charge in [0.05, 0.1) is 11.0 Å². The second-order valence-electron chi connectivity index (χ2n) is 11.2. The molecule has 2 N–H and O–H groups in total. The summed E-state index contributed by atoms with van der Waals surface area (Å²) in [6, 6.07) is 3.93. The van der Waals surface area contributed by atoms with Crippen molar-refractivity contribution in [3.05, 3.63) is 33.2 Å². The third-order valence-electron chi connectivity index (χ3n) is 7.14. The Morgan fingerprint density at radius 3 is 2.79 bits per heavy atom. The lowest BCUT2D eigenvalue weighted by Crippen LogP contribution is -2.55. The monoisotopic (exact) mass is 570 g/mol. The number of ether oxygens (including phenoxy) is 1. The summed E-state index contributed by atoms with van der Waals surface area (Å²) < 4.78 is 11.3. The van der Waals surface area contributed by atoms with Crippen molar-refractivity contribution in [1.29, 1.82) is 5.26 Å². The van der Waals surface area contributed by atoms with Crippen LogP contribution in [0.25, 0.3) is 11.5 Å². The van der Waals surface area contributed by atoms with Crippen LogP contribution in [0.3, 0.4) is 0 Å². The lowest BCUT2D eigenvalue weighted by atomic mass is 9.72. The van der Waals surface area contributed by atoms with Gasteiger partial charge in [0.15, 0.2) is 0 Å². The van der Waals surface area contributed by atoms with E-state index in [2.05, 4.69) is 21.2 Å². The molecule has 0 bridgehead atoms.